The molecule has 2 rings (SSSR count). The standard InChI is InChI=1S/C11H15N4O/c12-9-2-1-7-15(10(9)11(13)16)8-3-5-14-6-4-8/h3-6,10H,1-2,7,12H2,(H2,13,16)/t10-/m0/s1. The Balaban J connectivity index is 2.27. The van der Waals surface area contributed by atoms with Crippen molar-refractivity contribution in [3.63, 3.8) is 0 Å². The van der Waals surface area contributed by atoms with Crippen molar-refractivity contribution in [2.75, 3.05) is 11.4 Å². The van der Waals surface area contributed by atoms with Gasteiger partial charge in [-0.1, -0.05) is 0 Å². The normalized spacial score (nSPS) is 22.1. The first-order chi connectivity index (χ1) is 7.70. The summed E-state index contributed by atoms with van der Waals surface area (Å²) in [7, 11) is 0. The van der Waals surface area contributed by atoms with Crippen molar-refractivity contribution in [3.8, 4) is 0 Å². The van der Waals surface area contributed by atoms with Gasteiger partial charge in [-0.05, 0) is 25.0 Å². The smallest absolute Gasteiger partial charge is 0.242 e. The predicted octanol–water partition coefficient (Wildman–Crippen LogP) is 0.0264. The topological polar surface area (TPSA) is 85.2 Å². The first-order valence-electron chi connectivity index (χ1n) is 5.27. The largest absolute Gasteiger partial charge is 0.368 e. The third-order valence-electron chi connectivity index (χ3n) is 2.79. The molecular formula is C11H15N4O. The molecule has 0 spiro atoms. The fourth-order valence-electron chi connectivity index (χ4n) is 2.07. The molecule has 1 aromatic rings. The molecule has 5 nitrogen and oxygen atoms in total. The highest BCUT2D eigenvalue weighted by molar-refractivity contribution is 5.86. The van der Waals surface area contributed by atoms with E-state index < -0.39 is 11.9 Å². The number of aromatic nitrogens is 1. The summed E-state index contributed by atoms with van der Waals surface area (Å²) in [6, 6.07) is 3.87. The minimum absolute atomic E-state index is 0.394. The first-order valence-corrected chi connectivity index (χ1v) is 5.27. The minimum atomic E-state index is -0.490. The number of carbonyl (C=O) groups excluding carboxylic acids is 1. The second kappa shape index (κ2) is 4.49. The van der Waals surface area contributed by atoms with Crippen LogP contribution in [0.1, 0.15) is 12.8 Å². The van der Waals surface area contributed by atoms with Gasteiger partial charge in [0, 0.05) is 24.6 Å². The lowest BCUT2D eigenvalue weighted by Gasteiger charge is -2.38. The van der Waals surface area contributed by atoms with Crippen LogP contribution >= 0.6 is 0 Å². The number of piperidine rings is 1. The number of nitrogens with zero attached hydrogens (tertiary/aromatic N) is 2. The monoisotopic (exact) mass is 219 g/mol. The summed E-state index contributed by atoms with van der Waals surface area (Å²) in [5.74, 6) is -0.394. The van der Waals surface area contributed by atoms with Crippen LogP contribution in [0, 0.1) is 6.04 Å². The molecule has 1 atom stereocenters. The molecule has 0 unspecified atom stereocenters. The van der Waals surface area contributed by atoms with Crippen molar-refractivity contribution in [1.82, 2.24) is 4.98 Å². The van der Waals surface area contributed by atoms with Crippen LogP contribution < -0.4 is 16.4 Å². The Morgan fingerprint density at radius 2 is 2.12 bits per heavy atom. The van der Waals surface area contributed by atoms with Gasteiger partial charge in [-0.25, -0.2) is 0 Å². The maximum absolute atomic E-state index is 11.4. The molecule has 1 aliphatic rings. The Hall–Kier alpha value is -1.62. The Labute approximate surface area is 94.4 Å². The molecule has 2 heterocycles. The van der Waals surface area contributed by atoms with Crippen LogP contribution in [-0.2, 0) is 4.79 Å². The molecular weight excluding hydrogens is 204 g/mol. The van der Waals surface area contributed by atoms with E-state index in [2.05, 4.69) is 4.98 Å². The zero-order valence-corrected chi connectivity index (χ0v) is 8.97. The Morgan fingerprint density at radius 1 is 1.44 bits per heavy atom. The fourth-order valence-corrected chi connectivity index (χ4v) is 2.07. The molecule has 16 heavy (non-hydrogen) atoms. The van der Waals surface area contributed by atoms with Crippen LogP contribution in [0.5, 0.6) is 0 Å². The number of amides is 1. The zero-order chi connectivity index (χ0) is 11.5. The third-order valence-corrected chi connectivity index (χ3v) is 2.79. The van der Waals surface area contributed by atoms with Crippen molar-refractivity contribution in [2.45, 2.75) is 18.9 Å². The summed E-state index contributed by atoms with van der Waals surface area (Å²) >= 11 is 0. The van der Waals surface area contributed by atoms with Crippen LogP contribution in [0.2, 0.25) is 0 Å². The van der Waals surface area contributed by atoms with Crippen LogP contribution in [0.15, 0.2) is 24.5 Å². The van der Waals surface area contributed by atoms with E-state index in [-0.39, 0.29) is 0 Å². The van der Waals surface area contributed by atoms with E-state index in [1.165, 1.54) is 0 Å². The predicted molar refractivity (Wildman–Crippen MR) is 61.2 cm³/mol. The van der Waals surface area contributed by atoms with Crippen molar-refractivity contribution in [3.05, 3.63) is 30.6 Å². The number of primary amides is 1. The average molecular weight is 219 g/mol. The van der Waals surface area contributed by atoms with Crippen LogP contribution in [-0.4, -0.2) is 23.5 Å². The van der Waals surface area contributed by atoms with Crippen LogP contribution in [0.25, 0.3) is 0 Å². The lowest BCUT2D eigenvalue weighted by Crippen LogP contribution is -2.54. The molecule has 1 radical (unpaired) electrons. The van der Waals surface area contributed by atoms with E-state index in [1.54, 1.807) is 12.4 Å². The molecule has 1 saturated heterocycles. The number of pyridine rings is 1. The molecule has 1 aliphatic heterocycles. The summed E-state index contributed by atoms with van der Waals surface area (Å²) in [5, 5.41) is 0. The molecule has 85 valence electrons. The van der Waals surface area contributed by atoms with Gasteiger partial charge in [-0.2, -0.15) is 0 Å². The molecule has 5 heteroatoms. The van der Waals surface area contributed by atoms with Gasteiger partial charge in [0.1, 0.15) is 6.04 Å². The van der Waals surface area contributed by atoms with E-state index >= 15 is 0 Å². The molecule has 1 amide bonds. The molecule has 4 N–H and O–H groups in total. The average Bonchev–Trinajstić information content (AvgIpc) is 2.29. The number of hydrogen-bond acceptors (Lipinski definition) is 4. The third kappa shape index (κ3) is 1.99. The van der Waals surface area contributed by atoms with Gasteiger partial charge in [0.15, 0.2) is 0 Å². The molecule has 0 aromatic carbocycles. The molecule has 1 aromatic heterocycles. The lowest BCUT2D eigenvalue weighted by molar-refractivity contribution is -0.119. The number of anilines is 1. The Morgan fingerprint density at radius 3 is 2.75 bits per heavy atom. The summed E-state index contributed by atoms with van der Waals surface area (Å²) < 4.78 is 0. The summed E-state index contributed by atoms with van der Waals surface area (Å²) in [6.45, 7) is 0.790. The highest BCUT2D eigenvalue weighted by atomic mass is 16.1. The van der Waals surface area contributed by atoms with Gasteiger partial charge in [0.25, 0.3) is 0 Å². The highest BCUT2D eigenvalue weighted by Crippen LogP contribution is 2.26. The van der Waals surface area contributed by atoms with Crippen molar-refractivity contribution in [1.29, 1.82) is 0 Å². The van der Waals surface area contributed by atoms with E-state index in [0.717, 1.165) is 25.1 Å². The molecule has 0 saturated carbocycles. The Kier molecular flexibility index (Phi) is 3.05. The second-order valence-corrected chi connectivity index (χ2v) is 3.88. The van der Waals surface area contributed by atoms with Crippen LogP contribution in [0.3, 0.4) is 0 Å². The van der Waals surface area contributed by atoms with Crippen molar-refractivity contribution >= 4 is 11.6 Å². The second-order valence-electron chi connectivity index (χ2n) is 3.88. The molecule has 0 bridgehead atoms. The maximum Gasteiger partial charge on any atom is 0.242 e. The number of rotatable bonds is 2. The van der Waals surface area contributed by atoms with E-state index in [1.807, 2.05) is 17.0 Å². The van der Waals surface area contributed by atoms with Crippen molar-refractivity contribution < 1.29 is 4.79 Å². The quantitative estimate of drug-likeness (QED) is 0.734. The van der Waals surface area contributed by atoms with E-state index in [4.69, 9.17) is 11.5 Å². The molecule has 0 aliphatic carbocycles. The fraction of sp³-hybridized carbons (Fsp3) is 0.364. The summed E-state index contributed by atoms with van der Waals surface area (Å²) in [4.78, 5) is 17.3. The van der Waals surface area contributed by atoms with Gasteiger partial charge >= 0.3 is 0 Å². The van der Waals surface area contributed by atoms with Gasteiger partial charge in [0.2, 0.25) is 5.91 Å². The van der Waals surface area contributed by atoms with Crippen molar-refractivity contribution in [2.24, 2.45) is 11.5 Å². The van der Waals surface area contributed by atoms with E-state index in [0.29, 0.717) is 6.04 Å². The summed E-state index contributed by atoms with van der Waals surface area (Å²) in [6.07, 6.45) is 5.09. The van der Waals surface area contributed by atoms with Gasteiger partial charge < -0.3 is 16.4 Å². The van der Waals surface area contributed by atoms with Gasteiger partial charge in [0.05, 0.1) is 6.04 Å². The first kappa shape index (κ1) is 10.9. The molecule has 1 fully saturated rings. The number of nitrogens with two attached hydrogens (primary N) is 2. The number of carbonyl (C=O) groups is 1. The lowest BCUT2D eigenvalue weighted by atomic mass is 9.96. The van der Waals surface area contributed by atoms with E-state index in [9.17, 15) is 4.79 Å². The minimum Gasteiger partial charge on any atom is -0.368 e. The highest BCUT2D eigenvalue weighted by Gasteiger charge is 2.33. The maximum atomic E-state index is 11.4. The SMILES string of the molecule is N[C]1CCCN(c2ccncc2)[C@@H]1C(N)=O. The van der Waals surface area contributed by atoms with Crippen LogP contribution in [0.4, 0.5) is 5.69 Å². The zero-order valence-electron chi connectivity index (χ0n) is 8.97. The Bertz CT molecular complexity index is 368. The van der Waals surface area contributed by atoms with Gasteiger partial charge in [-0.15, -0.1) is 0 Å². The van der Waals surface area contributed by atoms with Gasteiger partial charge in [-0.3, -0.25) is 9.78 Å². The summed E-state index contributed by atoms with van der Waals surface area (Å²) in [5.41, 5.74) is 12.2. The number of hydrogen-bond donors (Lipinski definition) is 2.